The molecule has 1 fully saturated rings. The zero-order chi connectivity index (χ0) is 18.2. The first-order valence-corrected chi connectivity index (χ1v) is 9.46. The van der Waals surface area contributed by atoms with E-state index in [1.807, 2.05) is 59.5 Å². The van der Waals surface area contributed by atoms with Crippen LogP contribution in [0.2, 0.25) is 0 Å². The summed E-state index contributed by atoms with van der Waals surface area (Å²) in [6, 6.07) is 20.2. The Morgan fingerprint density at radius 2 is 1.65 bits per heavy atom. The number of carbonyl (C=O) groups excluding carboxylic acids is 1. The van der Waals surface area contributed by atoms with E-state index in [0.29, 0.717) is 5.92 Å². The van der Waals surface area contributed by atoms with Crippen LogP contribution in [0.5, 0.6) is 0 Å². The molecule has 0 saturated carbocycles. The lowest BCUT2D eigenvalue weighted by Gasteiger charge is -2.33. The summed E-state index contributed by atoms with van der Waals surface area (Å²) in [7, 11) is 0. The number of piperidine rings is 1. The van der Waals surface area contributed by atoms with Crippen molar-refractivity contribution in [3.8, 4) is 0 Å². The molecule has 3 nitrogen and oxygen atoms in total. The molecule has 1 amide bonds. The monoisotopic (exact) mass is 349 g/mol. The molecule has 0 aromatic heterocycles. The largest absolute Gasteiger partial charge is 0.393 e. The molecule has 0 bridgehead atoms. The average Bonchev–Trinajstić information content (AvgIpc) is 2.72. The van der Waals surface area contributed by atoms with Gasteiger partial charge < -0.3 is 10.0 Å². The Bertz CT molecular complexity index is 704. The van der Waals surface area contributed by atoms with Gasteiger partial charge in [0, 0.05) is 19.2 Å². The molecule has 1 aliphatic heterocycles. The highest BCUT2D eigenvalue weighted by atomic mass is 16.3. The van der Waals surface area contributed by atoms with Crippen LogP contribution in [0.3, 0.4) is 0 Å². The third kappa shape index (κ3) is 5.30. The SMILES string of the molecule is O=C(/C=C/c1ccccc1)N1CCC(C(O)CCc2ccccc2)CC1. The second-order valence-electron chi connectivity index (χ2n) is 7.00. The van der Waals surface area contributed by atoms with E-state index in [2.05, 4.69) is 12.1 Å². The predicted octanol–water partition coefficient (Wildman–Crippen LogP) is 3.93. The zero-order valence-corrected chi connectivity index (χ0v) is 15.1. The first-order chi connectivity index (χ1) is 12.7. The van der Waals surface area contributed by atoms with E-state index in [1.54, 1.807) is 6.08 Å². The number of carbonyl (C=O) groups is 1. The minimum absolute atomic E-state index is 0.0612. The number of aryl methyl sites for hydroxylation is 1. The van der Waals surface area contributed by atoms with Gasteiger partial charge in [0.15, 0.2) is 0 Å². The van der Waals surface area contributed by atoms with Gasteiger partial charge in [-0.15, -0.1) is 0 Å². The maximum atomic E-state index is 12.3. The van der Waals surface area contributed by atoms with E-state index in [-0.39, 0.29) is 12.0 Å². The lowest BCUT2D eigenvalue weighted by Crippen LogP contribution is -2.40. The standard InChI is InChI=1S/C23H27NO2/c25-22(13-11-19-7-3-1-4-8-19)21-15-17-24(18-16-21)23(26)14-12-20-9-5-2-6-10-20/h1-10,12,14,21-22,25H,11,13,15-18H2/b14-12+. The molecule has 136 valence electrons. The van der Waals surface area contributed by atoms with Gasteiger partial charge in [0.05, 0.1) is 6.10 Å². The molecule has 1 aliphatic rings. The van der Waals surface area contributed by atoms with Gasteiger partial charge in [0.1, 0.15) is 0 Å². The first-order valence-electron chi connectivity index (χ1n) is 9.46. The molecule has 0 aliphatic carbocycles. The molecule has 26 heavy (non-hydrogen) atoms. The summed E-state index contributed by atoms with van der Waals surface area (Å²) in [6.07, 6.45) is 6.68. The highest BCUT2D eigenvalue weighted by molar-refractivity contribution is 5.91. The lowest BCUT2D eigenvalue weighted by molar-refractivity contribution is -0.127. The van der Waals surface area contributed by atoms with Gasteiger partial charge in [0.2, 0.25) is 5.91 Å². The van der Waals surface area contributed by atoms with Crippen LogP contribution in [0.15, 0.2) is 66.7 Å². The number of amides is 1. The number of likely N-dealkylation sites (tertiary alicyclic amines) is 1. The molecule has 2 aromatic rings. The molecule has 1 atom stereocenters. The summed E-state index contributed by atoms with van der Waals surface area (Å²) in [6.45, 7) is 1.45. The molecule has 1 saturated heterocycles. The normalized spacial score (nSPS) is 16.7. The van der Waals surface area contributed by atoms with Crippen LogP contribution >= 0.6 is 0 Å². The Kier molecular flexibility index (Phi) is 6.62. The number of hydrogen-bond donors (Lipinski definition) is 1. The van der Waals surface area contributed by atoms with Crippen molar-refractivity contribution in [1.29, 1.82) is 0 Å². The van der Waals surface area contributed by atoms with Crippen molar-refractivity contribution in [2.75, 3.05) is 13.1 Å². The van der Waals surface area contributed by atoms with Gasteiger partial charge in [-0.05, 0) is 48.8 Å². The van der Waals surface area contributed by atoms with E-state index < -0.39 is 0 Å². The quantitative estimate of drug-likeness (QED) is 0.803. The number of aliphatic hydroxyl groups excluding tert-OH is 1. The molecule has 3 rings (SSSR count). The fourth-order valence-corrected chi connectivity index (χ4v) is 3.54. The van der Waals surface area contributed by atoms with E-state index in [4.69, 9.17) is 0 Å². The van der Waals surface area contributed by atoms with Gasteiger partial charge in [0.25, 0.3) is 0 Å². The predicted molar refractivity (Wildman–Crippen MR) is 106 cm³/mol. The molecule has 1 N–H and O–H groups in total. The van der Waals surface area contributed by atoms with E-state index in [0.717, 1.165) is 44.3 Å². The second kappa shape index (κ2) is 9.35. The maximum absolute atomic E-state index is 12.3. The van der Waals surface area contributed by atoms with Crippen LogP contribution < -0.4 is 0 Å². The van der Waals surface area contributed by atoms with Crippen LogP contribution in [0, 0.1) is 5.92 Å². The molecule has 1 unspecified atom stereocenters. The smallest absolute Gasteiger partial charge is 0.246 e. The molecular formula is C23H27NO2. The number of benzene rings is 2. The molecule has 0 spiro atoms. The number of aliphatic hydroxyl groups is 1. The van der Waals surface area contributed by atoms with Crippen molar-refractivity contribution in [3.05, 3.63) is 77.9 Å². The summed E-state index contributed by atoms with van der Waals surface area (Å²) in [5.74, 6) is 0.354. The minimum atomic E-state index is -0.285. The molecule has 1 heterocycles. The zero-order valence-electron chi connectivity index (χ0n) is 15.1. The summed E-state index contributed by atoms with van der Waals surface area (Å²) in [4.78, 5) is 14.2. The second-order valence-corrected chi connectivity index (χ2v) is 7.00. The Labute approximate surface area is 156 Å². The van der Waals surface area contributed by atoms with Crippen LogP contribution in [0.4, 0.5) is 0 Å². The van der Waals surface area contributed by atoms with E-state index in [9.17, 15) is 9.90 Å². The summed E-state index contributed by atoms with van der Waals surface area (Å²) >= 11 is 0. The lowest BCUT2D eigenvalue weighted by atomic mass is 9.88. The van der Waals surface area contributed by atoms with Crippen molar-refractivity contribution in [3.63, 3.8) is 0 Å². The molecule has 2 aromatic carbocycles. The summed E-state index contributed by atoms with van der Waals surface area (Å²) in [5, 5.41) is 10.5. The van der Waals surface area contributed by atoms with Crippen molar-refractivity contribution in [2.45, 2.75) is 31.8 Å². The van der Waals surface area contributed by atoms with Crippen molar-refractivity contribution in [1.82, 2.24) is 4.90 Å². The fourth-order valence-electron chi connectivity index (χ4n) is 3.54. The third-order valence-electron chi connectivity index (χ3n) is 5.18. The van der Waals surface area contributed by atoms with Gasteiger partial charge in [-0.1, -0.05) is 60.7 Å². The van der Waals surface area contributed by atoms with Gasteiger partial charge >= 0.3 is 0 Å². The van der Waals surface area contributed by atoms with E-state index in [1.165, 1.54) is 5.56 Å². The average molecular weight is 349 g/mol. The minimum Gasteiger partial charge on any atom is -0.393 e. The highest BCUT2D eigenvalue weighted by Gasteiger charge is 2.26. The number of rotatable bonds is 6. The van der Waals surface area contributed by atoms with Crippen LogP contribution in [-0.2, 0) is 11.2 Å². The van der Waals surface area contributed by atoms with Crippen molar-refractivity contribution in [2.24, 2.45) is 5.92 Å². The summed E-state index contributed by atoms with van der Waals surface area (Å²) in [5.41, 5.74) is 2.30. The number of hydrogen-bond acceptors (Lipinski definition) is 2. The Hall–Kier alpha value is -2.39. The van der Waals surface area contributed by atoms with Crippen LogP contribution in [0.1, 0.15) is 30.4 Å². The molecule has 0 radical (unpaired) electrons. The fraction of sp³-hybridized carbons (Fsp3) is 0.348. The van der Waals surface area contributed by atoms with Crippen molar-refractivity contribution >= 4 is 12.0 Å². The Balaban J connectivity index is 1.43. The van der Waals surface area contributed by atoms with Crippen LogP contribution in [-0.4, -0.2) is 35.1 Å². The topological polar surface area (TPSA) is 40.5 Å². The Morgan fingerprint density at radius 3 is 2.31 bits per heavy atom. The molecule has 3 heteroatoms. The van der Waals surface area contributed by atoms with Gasteiger partial charge in [-0.3, -0.25) is 4.79 Å². The van der Waals surface area contributed by atoms with Gasteiger partial charge in [-0.2, -0.15) is 0 Å². The highest BCUT2D eigenvalue weighted by Crippen LogP contribution is 2.24. The molecular weight excluding hydrogens is 322 g/mol. The van der Waals surface area contributed by atoms with Gasteiger partial charge in [-0.25, -0.2) is 0 Å². The number of nitrogens with zero attached hydrogens (tertiary/aromatic N) is 1. The van der Waals surface area contributed by atoms with Crippen LogP contribution in [0.25, 0.3) is 6.08 Å². The Morgan fingerprint density at radius 1 is 1.04 bits per heavy atom. The summed E-state index contributed by atoms with van der Waals surface area (Å²) < 4.78 is 0. The van der Waals surface area contributed by atoms with E-state index >= 15 is 0 Å². The first kappa shape index (κ1) is 18.4. The van der Waals surface area contributed by atoms with Crippen molar-refractivity contribution < 1.29 is 9.90 Å². The third-order valence-corrected chi connectivity index (χ3v) is 5.18. The maximum Gasteiger partial charge on any atom is 0.246 e.